The minimum Gasteiger partial charge on any atom is -0.493 e. The van der Waals surface area contributed by atoms with Gasteiger partial charge in [-0.3, -0.25) is 4.79 Å². The fourth-order valence-electron chi connectivity index (χ4n) is 2.04. The minimum atomic E-state index is -0.581. The Kier molecular flexibility index (Phi) is 7.08. The molecule has 2 aromatic rings. The van der Waals surface area contributed by atoms with E-state index in [9.17, 15) is 10.1 Å². The van der Waals surface area contributed by atoms with Crippen LogP contribution in [0, 0.1) is 17.2 Å². The third-order valence-corrected chi connectivity index (χ3v) is 3.97. The molecule has 0 heterocycles. The largest absolute Gasteiger partial charge is 0.493 e. The highest BCUT2D eigenvalue weighted by Gasteiger charge is 2.13. The van der Waals surface area contributed by atoms with Crippen LogP contribution < -0.4 is 10.1 Å². The van der Waals surface area contributed by atoms with Crippen molar-refractivity contribution in [3.63, 3.8) is 0 Å². The molecule has 26 heavy (non-hydrogen) atoms. The van der Waals surface area contributed by atoms with E-state index >= 15 is 0 Å². The Morgan fingerprint density at radius 2 is 1.81 bits per heavy atom. The van der Waals surface area contributed by atoms with Crippen LogP contribution in [0.1, 0.15) is 19.4 Å². The number of rotatable bonds is 6. The van der Waals surface area contributed by atoms with Gasteiger partial charge in [0.05, 0.1) is 22.3 Å². The molecule has 0 aliphatic rings. The second-order valence-corrected chi connectivity index (χ2v) is 6.81. The summed E-state index contributed by atoms with van der Waals surface area (Å²) in [5, 5.41) is 12.5. The fraction of sp³-hybridized carbons (Fsp3) is 0.200. The summed E-state index contributed by atoms with van der Waals surface area (Å²) in [6, 6.07) is 13.9. The summed E-state index contributed by atoms with van der Waals surface area (Å²) in [6.07, 6.45) is 1.49. The Balaban J connectivity index is 2.14. The zero-order valence-corrected chi connectivity index (χ0v) is 15.9. The van der Waals surface area contributed by atoms with Crippen LogP contribution >= 0.6 is 23.2 Å². The van der Waals surface area contributed by atoms with Crippen molar-refractivity contribution in [2.75, 3.05) is 11.9 Å². The van der Waals surface area contributed by atoms with Gasteiger partial charge in [0, 0.05) is 0 Å². The average Bonchev–Trinajstić information content (AvgIpc) is 2.62. The summed E-state index contributed by atoms with van der Waals surface area (Å²) >= 11 is 12.1. The van der Waals surface area contributed by atoms with E-state index in [0.29, 0.717) is 28.1 Å². The molecule has 4 nitrogen and oxygen atoms in total. The molecule has 0 unspecified atom stereocenters. The van der Waals surface area contributed by atoms with Gasteiger partial charge in [0.15, 0.2) is 0 Å². The van der Waals surface area contributed by atoms with Crippen molar-refractivity contribution < 1.29 is 9.53 Å². The Morgan fingerprint density at radius 1 is 1.19 bits per heavy atom. The van der Waals surface area contributed by atoms with Crippen LogP contribution in [0.2, 0.25) is 10.0 Å². The number of para-hydroxylation sites is 1. The van der Waals surface area contributed by atoms with E-state index in [1.54, 1.807) is 42.5 Å². The van der Waals surface area contributed by atoms with E-state index in [1.807, 2.05) is 6.07 Å². The first kappa shape index (κ1) is 19.8. The molecule has 6 heteroatoms. The van der Waals surface area contributed by atoms with Crippen LogP contribution in [-0.4, -0.2) is 12.5 Å². The molecule has 0 aliphatic heterocycles. The smallest absolute Gasteiger partial charge is 0.266 e. The molecule has 0 spiro atoms. The highest BCUT2D eigenvalue weighted by Crippen LogP contribution is 2.30. The lowest BCUT2D eigenvalue weighted by Crippen LogP contribution is -2.14. The van der Waals surface area contributed by atoms with Gasteiger partial charge in [0.1, 0.15) is 17.4 Å². The lowest BCUT2D eigenvalue weighted by atomic mass is 10.1. The Labute approximate surface area is 163 Å². The van der Waals surface area contributed by atoms with Gasteiger partial charge in [-0.05, 0) is 41.8 Å². The van der Waals surface area contributed by atoms with E-state index in [-0.39, 0.29) is 11.3 Å². The number of halogens is 2. The summed E-state index contributed by atoms with van der Waals surface area (Å²) in [7, 11) is 0. The number of amides is 1. The first-order chi connectivity index (χ1) is 12.4. The lowest BCUT2D eigenvalue weighted by Gasteiger charge is -2.09. The maximum Gasteiger partial charge on any atom is 0.266 e. The standard InChI is InChI=1S/C20H18Cl2N2O2/c1-13(2)12-26-16-8-6-14(7-9-16)10-15(11-23)20(25)24-19-17(21)4-3-5-18(19)22/h3-10,13H,12H2,1-2H3,(H,24,25)/b15-10+. The van der Waals surface area contributed by atoms with E-state index in [4.69, 9.17) is 27.9 Å². The van der Waals surface area contributed by atoms with Gasteiger partial charge >= 0.3 is 0 Å². The van der Waals surface area contributed by atoms with E-state index in [2.05, 4.69) is 19.2 Å². The number of carbonyl (C=O) groups is 1. The molecule has 0 aromatic heterocycles. The van der Waals surface area contributed by atoms with Crippen molar-refractivity contribution in [1.29, 1.82) is 5.26 Å². The predicted octanol–water partition coefficient (Wildman–Crippen LogP) is 5.57. The summed E-state index contributed by atoms with van der Waals surface area (Å²) in [5.41, 5.74) is 0.926. The van der Waals surface area contributed by atoms with Gasteiger partial charge < -0.3 is 10.1 Å². The van der Waals surface area contributed by atoms with Crippen molar-refractivity contribution in [2.24, 2.45) is 5.92 Å². The highest BCUT2D eigenvalue weighted by atomic mass is 35.5. The van der Waals surface area contributed by atoms with Crippen LogP contribution in [0.25, 0.3) is 6.08 Å². The van der Waals surface area contributed by atoms with Gasteiger partial charge in [0.2, 0.25) is 0 Å². The Bertz CT molecular complexity index is 833. The summed E-state index contributed by atoms with van der Waals surface area (Å²) < 4.78 is 5.61. The molecule has 0 fully saturated rings. The normalized spacial score (nSPS) is 11.2. The number of ether oxygens (including phenoxy) is 1. The van der Waals surface area contributed by atoms with Crippen molar-refractivity contribution in [2.45, 2.75) is 13.8 Å². The SMILES string of the molecule is CC(C)COc1ccc(/C=C(\C#N)C(=O)Nc2c(Cl)cccc2Cl)cc1. The monoisotopic (exact) mass is 388 g/mol. The van der Waals surface area contributed by atoms with Crippen molar-refractivity contribution >= 4 is 40.9 Å². The third-order valence-electron chi connectivity index (χ3n) is 3.34. The number of anilines is 1. The highest BCUT2D eigenvalue weighted by molar-refractivity contribution is 6.40. The van der Waals surface area contributed by atoms with E-state index in [1.165, 1.54) is 6.08 Å². The van der Waals surface area contributed by atoms with Crippen LogP contribution in [0.15, 0.2) is 48.0 Å². The molecule has 0 radical (unpaired) electrons. The Hall–Kier alpha value is -2.48. The summed E-state index contributed by atoms with van der Waals surface area (Å²) in [5.74, 6) is 0.587. The fourth-order valence-corrected chi connectivity index (χ4v) is 2.53. The van der Waals surface area contributed by atoms with Gasteiger partial charge in [-0.15, -0.1) is 0 Å². The van der Waals surface area contributed by atoms with Crippen molar-refractivity contribution in [3.8, 4) is 11.8 Å². The number of hydrogen-bond acceptors (Lipinski definition) is 3. The van der Waals surface area contributed by atoms with Gasteiger partial charge in [0.25, 0.3) is 5.91 Å². The molecule has 0 aliphatic carbocycles. The number of benzene rings is 2. The second-order valence-electron chi connectivity index (χ2n) is 5.99. The first-order valence-corrected chi connectivity index (χ1v) is 8.76. The molecule has 1 amide bonds. The third kappa shape index (κ3) is 5.52. The molecular formula is C20H18Cl2N2O2. The molecule has 2 aromatic carbocycles. The maximum atomic E-state index is 12.4. The average molecular weight is 389 g/mol. The number of nitriles is 1. The van der Waals surface area contributed by atoms with E-state index in [0.717, 1.165) is 5.75 Å². The number of carbonyl (C=O) groups excluding carboxylic acids is 1. The Morgan fingerprint density at radius 3 is 2.35 bits per heavy atom. The van der Waals surface area contributed by atoms with Gasteiger partial charge in [-0.1, -0.05) is 55.2 Å². The van der Waals surface area contributed by atoms with Crippen molar-refractivity contribution in [3.05, 3.63) is 63.6 Å². The molecule has 0 saturated carbocycles. The molecule has 134 valence electrons. The summed E-state index contributed by atoms with van der Waals surface area (Å²) in [4.78, 5) is 12.4. The maximum absolute atomic E-state index is 12.4. The minimum absolute atomic E-state index is 0.0585. The molecule has 1 N–H and O–H groups in total. The van der Waals surface area contributed by atoms with Gasteiger partial charge in [-0.25, -0.2) is 0 Å². The van der Waals surface area contributed by atoms with Crippen LogP contribution in [-0.2, 0) is 4.79 Å². The second kappa shape index (κ2) is 9.28. The number of hydrogen-bond donors (Lipinski definition) is 1. The zero-order valence-electron chi connectivity index (χ0n) is 14.4. The quantitative estimate of drug-likeness (QED) is 0.519. The molecule has 0 saturated heterocycles. The molecule has 2 rings (SSSR count). The molecule has 0 bridgehead atoms. The van der Waals surface area contributed by atoms with E-state index < -0.39 is 5.91 Å². The molecular weight excluding hydrogens is 371 g/mol. The topological polar surface area (TPSA) is 62.1 Å². The lowest BCUT2D eigenvalue weighted by molar-refractivity contribution is -0.112. The van der Waals surface area contributed by atoms with Crippen LogP contribution in [0.4, 0.5) is 5.69 Å². The van der Waals surface area contributed by atoms with Crippen LogP contribution in [0.5, 0.6) is 5.75 Å². The van der Waals surface area contributed by atoms with Gasteiger partial charge in [-0.2, -0.15) is 5.26 Å². The molecule has 0 atom stereocenters. The number of nitrogens with one attached hydrogen (secondary N) is 1. The van der Waals surface area contributed by atoms with Crippen LogP contribution in [0.3, 0.4) is 0 Å². The summed E-state index contributed by atoms with van der Waals surface area (Å²) in [6.45, 7) is 4.76. The first-order valence-electron chi connectivity index (χ1n) is 8.00. The predicted molar refractivity (Wildman–Crippen MR) is 105 cm³/mol. The zero-order chi connectivity index (χ0) is 19.1. The number of nitrogens with zero attached hydrogens (tertiary/aromatic N) is 1. The van der Waals surface area contributed by atoms with Crippen molar-refractivity contribution in [1.82, 2.24) is 0 Å².